The van der Waals surface area contributed by atoms with E-state index in [4.69, 9.17) is 0 Å². The van der Waals surface area contributed by atoms with Gasteiger partial charge in [-0.15, -0.1) is 11.3 Å². The lowest BCUT2D eigenvalue weighted by Crippen LogP contribution is -2.40. The van der Waals surface area contributed by atoms with Crippen molar-refractivity contribution in [3.05, 3.63) is 16.1 Å². The minimum Gasteiger partial charge on any atom is -0.300 e. The minimum atomic E-state index is 0.0727. The molecule has 1 unspecified atom stereocenters. The molecule has 0 N–H and O–H groups in total. The Morgan fingerprint density at radius 1 is 1.59 bits per heavy atom. The van der Waals surface area contributed by atoms with Gasteiger partial charge in [-0.2, -0.15) is 0 Å². The van der Waals surface area contributed by atoms with Crippen LogP contribution in [0.4, 0.5) is 0 Å². The number of carbonyl (C=O) groups is 1. The monoisotopic (exact) mass is 252 g/mol. The molecular formula is C13H20N2OS. The maximum atomic E-state index is 11.2. The molecule has 0 bridgehead atoms. The van der Waals surface area contributed by atoms with Crippen molar-refractivity contribution in [1.82, 2.24) is 9.88 Å². The molecule has 1 aliphatic rings. The van der Waals surface area contributed by atoms with Gasteiger partial charge in [0.15, 0.2) is 5.78 Å². The second-order valence-corrected chi connectivity index (χ2v) is 5.61. The summed E-state index contributed by atoms with van der Waals surface area (Å²) in [6.07, 6.45) is 4.92. The molecule has 0 amide bonds. The Bertz CT molecular complexity index is 389. The quantitative estimate of drug-likeness (QED) is 0.773. The maximum Gasteiger partial charge on any atom is 0.178 e. The summed E-state index contributed by atoms with van der Waals surface area (Å²) in [7, 11) is 0. The van der Waals surface area contributed by atoms with Crippen LogP contribution < -0.4 is 0 Å². The normalized spacial score (nSPS) is 21.6. The molecule has 1 aromatic rings. The Kier molecular flexibility index (Phi) is 4.29. The third kappa shape index (κ3) is 3.13. The second kappa shape index (κ2) is 5.74. The van der Waals surface area contributed by atoms with E-state index in [0.717, 1.165) is 18.0 Å². The number of likely N-dealkylation sites (tertiary alicyclic amines) is 1. The van der Waals surface area contributed by atoms with Gasteiger partial charge in [0.1, 0.15) is 5.69 Å². The molecule has 2 rings (SSSR count). The van der Waals surface area contributed by atoms with Gasteiger partial charge in [-0.05, 0) is 25.9 Å². The molecule has 1 saturated heterocycles. The molecule has 1 aliphatic heterocycles. The van der Waals surface area contributed by atoms with Gasteiger partial charge >= 0.3 is 0 Å². The van der Waals surface area contributed by atoms with Gasteiger partial charge in [-0.1, -0.05) is 13.3 Å². The van der Waals surface area contributed by atoms with Crippen LogP contribution >= 0.6 is 11.3 Å². The van der Waals surface area contributed by atoms with Crippen LogP contribution in [0.2, 0.25) is 0 Å². The standard InChI is InChI=1S/C13H20N2OS/c1-3-15-7-5-4-6-11(15)8-13-14-12(9-17-13)10(2)16/h9,11H,3-8H2,1-2H3. The first-order valence-electron chi connectivity index (χ1n) is 6.40. The number of thiazole rings is 1. The fraction of sp³-hybridized carbons (Fsp3) is 0.692. The van der Waals surface area contributed by atoms with Gasteiger partial charge < -0.3 is 4.90 Å². The topological polar surface area (TPSA) is 33.2 Å². The Hall–Kier alpha value is -0.740. The van der Waals surface area contributed by atoms with Gasteiger partial charge in [0.2, 0.25) is 0 Å². The number of carbonyl (C=O) groups excluding carboxylic acids is 1. The van der Waals surface area contributed by atoms with Gasteiger partial charge in [-0.25, -0.2) is 4.98 Å². The summed E-state index contributed by atoms with van der Waals surface area (Å²) >= 11 is 1.63. The predicted octanol–water partition coefficient (Wildman–Crippen LogP) is 2.76. The van der Waals surface area contributed by atoms with E-state index in [1.807, 2.05) is 5.38 Å². The fourth-order valence-corrected chi connectivity index (χ4v) is 3.38. The molecule has 17 heavy (non-hydrogen) atoms. The summed E-state index contributed by atoms with van der Waals surface area (Å²) in [6.45, 7) is 6.14. The molecule has 1 atom stereocenters. The SMILES string of the molecule is CCN1CCCCC1Cc1nc(C(C)=O)cs1. The number of ketones is 1. The van der Waals surface area contributed by atoms with Gasteiger partial charge in [0.05, 0.1) is 5.01 Å². The van der Waals surface area contributed by atoms with Crippen LogP contribution in [0.5, 0.6) is 0 Å². The molecule has 1 fully saturated rings. The Balaban J connectivity index is 2.00. The van der Waals surface area contributed by atoms with Crippen molar-refractivity contribution < 1.29 is 4.79 Å². The Morgan fingerprint density at radius 2 is 2.41 bits per heavy atom. The zero-order valence-corrected chi connectivity index (χ0v) is 11.4. The van der Waals surface area contributed by atoms with Crippen molar-refractivity contribution in [1.29, 1.82) is 0 Å². The molecule has 94 valence electrons. The molecule has 0 aliphatic carbocycles. The maximum absolute atomic E-state index is 11.2. The number of aromatic nitrogens is 1. The largest absolute Gasteiger partial charge is 0.300 e. The molecule has 1 aromatic heterocycles. The van der Waals surface area contributed by atoms with E-state index in [1.54, 1.807) is 18.3 Å². The summed E-state index contributed by atoms with van der Waals surface area (Å²) in [6, 6.07) is 0.625. The summed E-state index contributed by atoms with van der Waals surface area (Å²) in [5.74, 6) is 0.0727. The molecule has 0 radical (unpaired) electrons. The lowest BCUT2D eigenvalue weighted by molar-refractivity contribution is 0.101. The summed E-state index contributed by atoms with van der Waals surface area (Å²) in [5, 5.41) is 3.00. The highest BCUT2D eigenvalue weighted by atomic mass is 32.1. The zero-order chi connectivity index (χ0) is 12.3. The van der Waals surface area contributed by atoms with Crippen molar-refractivity contribution in [3.8, 4) is 0 Å². The molecule has 2 heterocycles. The van der Waals surface area contributed by atoms with Gasteiger partial charge in [-0.3, -0.25) is 4.79 Å². The van der Waals surface area contributed by atoms with E-state index in [-0.39, 0.29) is 5.78 Å². The molecule has 4 heteroatoms. The number of Topliss-reactive ketones (excluding diaryl/α,β-unsaturated/α-hetero) is 1. The second-order valence-electron chi connectivity index (χ2n) is 4.66. The predicted molar refractivity (Wildman–Crippen MR) is 70.7 cm³/mol. The Labute approximate surface area is 107 Å². The highest BCUT2D eigenvalue weighted by Gasteiger charge is 2.22. The highest BCUT2D eigenvalue weighted by molar-refractivity contribution is 7.09. The lowest BCUT2D eigenvalue weighted by Gasteiger charge is -2.34. The zero-order valence-electron chi connectivity index (χ0n) is 10.6. The molecule has 0 aromatic carbocycles. The van der Waals surface area contributed by atoms with E-state index < -0.39 is 0 Å². The van der Waals surface area contributed by atoms with Crippen molar-refractivity contribution in [3.63, 3.8) is 0 Å². The lowest BCUT2D eigenvalue weighted by atomic mass is 10.00. The van der Waals surface area contributed by atoms with Gasteiger partial charge in [0, 0.05) is 24.8 Å². The van der Waals surface area contributed by atoms with Crippen LogP contribution in [0.15, 0.2) is 5.38 Å². The van der Waals surface area contributed by atoms with E-state index in [9.17, 15) is 4.79 Å². The van der Waals surface area contributed by atoms with E-state index in [0.29, 0.717) is 11.7 Å². The van der Waals surface area contributed by atoms with Crippen LogP contribution in [0.25, 0.3) is 0 Å². The Morgan fingerprint density at radius 3 is 3.06 bits per heavy atom. The molecular weight excluding hydrogens is 232 g/mol. The number of hydrogen-bond acceptors (Lipinski definition) is 4. The first kappa shape index (κ1) is 12.7. The highest BCUT2D eigenvalue weighted by Crippen LogP contribution is 2.22. The van der Waals surface area contributed by atoms with Crippen LogP contribution in [0, 0.1) is 0 Å². The van der Waals surface area contributed by atoms with Crippen LogP contribution in [0.1, 0.15) is 48.6 Å². The molecule has 3 nitrogen and oxygen atoms in total. The van der Waals surface area contributed by atoms with Crippen LogP contribution in [0.3, 0.4) is 0 Å². The third-order valence-corrected chi connectivity index (χ3v) is 4.35. The fourth-order valence-electron chi connectivity index (χ4n) is 2.48. The first-order valence-corrected chi connectivity index (χ1v) is 7.28. The van der Waals surface area contributed by atoms with Crippen molar-refractivity contribution >= 4 is 17.1 Å². The summed E-state index contributed by atoms with van der Waals surface area (Å²) < 4.78 is 0. The average Bonchev–Trinajstić information content (AvgIpc) is 2.78. The first-order chi connectivity index (χ1) is 8.20. The van der Waals surface area contributed by atoms with Crippen molar-refractivity contribution in [2.45, 2.75) is 45.6 Å². The number of likely N-dealkylation sites (N-methyl/N-ethyl adjacent to an activating group) is 1. The third-order valence-electron chi connectivity index (χ3n) is 3.48. The summed E-state index contributed by atoms with van der Waals surface area (Å²) in [5.41, 5.74) is 0.629. The minimum absolute atomic E-state index is 0.0727. The molecule has 0 saturated carbocycles. The van der Waals surface area contributed by atoms with Crippen molar-refractivity contribution in [2.24, 2.45) is 0 Å². The van der Waals surface area contributed by atoms with E-state index in [2.05, 4.69) is 16.8 Å². The van der Waals surface area contributed by atoms with Crippen LogP contribution in [-0.4, -0.2) is 34.8 Å². The number of rotatable bonds is 4. The number of hydrogen-bond donors (Lipinski definition) is 0. The molecule has 0 spiro atoms. The van der Waals surface area contributed by atoms with Crippen molar-refractivity contribution in [2.75, 3.05) is 13.1 Å². The van der Waals surface area contributed by atoms with Crippen LogP contribution in [-0.2, 0) is 6.42 Å². The number of nitrogens with zero attached hydrogens (tertiary/aromatic N) is 2. The average molecular weight is 252 g/mol. The number of piperidine rings is 1. The smallest absolute Gasteiger partial charge is 0.178 e. The van der Waals surface area contributed by atoms with E-state index >= 15 is 0 Å². The van der Waals surface area contributed by atoms with Gasteiger partial charge in [0.25, 0.3) is 0 Å². The van der Waals surface area contributed by atoms with E-state index in [1.165, 1.54) is 25.8 Å². The summed E-state index contributed by atoms with van der Waals surface area (Å²) in [4.78, 5) is 18.2.